The lowest BCUT2D eigenvalue weighted by molar-refractivity contribution is -0.145. The van der Waals surface area contributed by atoms with Crippen molar-refractivity contribution in [2.75, 3.05) is 20.1 Å². The highest BCUT2D eigenvalue weighted by Gasteiger charge is 2.39. The zero-order valence-corrected chi connectivity index (χ0v) is 12.8. The summed E-state index contributed by atoms with van der Waals surface area (Å²) in [5.74, 6) is -1.84. The molecule has 1 atom stereocenters. The van der Waals surface area contributed by atoms with Crippen LogP contribution in [0.2, 0.25) is 0 Å². The summed E-state index contributed by atoms with van der Waals surface area (Å²) in [6.45, 7) is -0.0520. The van der Waals surface area contributed by atoms with Gasteiger partial charge in [0.15, 0.2) is 0 Å². The SMILES string of the molecule is CN1CC(=O)OB(C(CCc2ccccc2)N=C=O)OC(=O)C1. The molecule has 0 amide bonds. The molecule has 1 aromatic rings. The lowest BCUT2D eigenvalue weighted by atomic mass is 9.75. The number of hydrogen-bond acceptors (Lipinski definition) is 7. The van der Waals surface area contributed by atoms with Crippen LogP contribution in [0.5, 0.6) is 0 Å². The molecule has 8 heteroatoms. The zero-order chi connectivity index (χ0) is 16.7. The van der Waals surface area contributed by atoms with Crippen molar-refractivity contribution in [3.05, 3.63) is 35.9 Å². The molecule has 1 heterocycles. The van der Waals surface area contributed by atoms with Crippen LogP contribution in [0.15, 0.2) is 35.3 Å². The van der Waals surface area contributed by atoms with E-state index in [1.54, 1.807) is 7.05 Å². The third kappa shape index (κ3) is 5.36. The van der Waals surface area contributed by atoms with Gasteiger partial charge in [-0.3, -0.25) is 14.5 Å². The number of aliphatic imine (C=N–C) groups is 1. The van der Waals surface area contributed by atoms with Crippen molar-refractivity contribution in [1.82, 2.24) is 4.90 Å². The largest absolute Gasteiger partial charge is 0.626 e. The average Bonchev–Trinajstić information content (AvgIpc) is 2.50. The summed E-state index contributed by atoms with van der Waals surface area (Å²) in [6, 6.07) is 9.58. The second-order valence-corrected chi connectivity index (χ2v) is 5.33. The van der Waals surface area contributed by atoms with Gasteiger partial charge in [-0.05, 0) is 25.5 Å². The number of hydrogen-bond donors (Lipinski definition) is 0. The van der Waals surface area contributed by atoms with Crippen LogP contribution in [-0.4, -0.2) is 56.1 Å². The van der Waals surface area contributed by atoms with Crippen molar-refractivity contribution in [2.24, 2.45) is 4.99 Å². The first-order valence-electron chi connectivity index (χ1n) is 7.27. The Balaban J connectivity index is 2.06. The van der Waals surface area contributed by atoms with Crippen molar-refractivity contribution >= 4 is 25.1 Å². The Hall–Kier alpha value is -2.44. The maximum Gasteiger partial charge on any atom is 0.626 e. The molecule has 1 aliphatic heterocycles. The summed E-state index contributed by atoms with van der Waals surface area (Å²) in [7, 11) is 0.410. The average molecular weight is 316 g/mol. The fraction of sp³-hybridized carbons (Fsp3) is 0.400. The monoisotopic (exact) mass is 316 g/mol. The van der Waals surface area contributed by atoms with Crippen LogP contribution in [0.1, 0.15) is 12.0 Å². The van der Waals surface area contributed by atoms with E-state index in [1.807, 2.05) is 30.3 Å². The van der Waals surface area contributed by atoms with Gasteiger partial charge >= 0.3 is 19.1 Å². The first-order valence-corrected chi connectivity index (χ1v) is 7.27. The first kappa shape index (κ1) is 16.9. The van der Waals surface area contributed by atoms with E-state index in [-0.39, 0.29) is 13.1 Å². The van der Waals surface area contributed by atoms with Crippen LogP contribution in [-0.2, 0) is 30.1 Å². The summed E-state index contributed by atoms with van der Waals surface area (Å²) < 4.78 is 10.3. The summed E-state index contributed by atoms with van der Waals surface area (Å²) in [5, 5.41) is 0. The van der Waals surface area contributed by atoms with Gasteiger partial charge in [-0.25, -0.2) is 9.79 Å². The topological polar surface area (TPSA) is 85.3 Å². The highest BCUT2D eigenvalue weighted by Crippen LogP contribution is 2.13. The molecule has 0 aliphatic carbocycles. The molecule has 23 heavy (non-hydrogen) atoms. The molecule has 1 unspecified atom stereocenters. The Morgan fingerprint density at radius 3 is 2.39 bits per heavy atom. The normalized spacial score (nSPS) is 17.3. The van der Waals surface area contributed by atoms with Crippen molar-refractivity contribution in [3.63, 3.8) is 0 Å². The van der Waals surface area contributed by atoms with Crippen molar-refractivity contribution in [3.8, 4) is 0 Å². The Bertz CT molecular complexity index is 583. The van der Waals surface area contributed by atoms with Crippen molar-refractivity contribution in [2.45, 2.75) is 18.8 Å². The quantitative estimate of drug-likeness (QED) is 0.444. The zero-order valence-electron chi connectivity index (χ0n) is 12.8. The summed E-state index contributed by atoms with van der Waals surface area (Å²) in [5.41, 5.74) is 1.04. The van der Waals surface area contributed by atoms with Gasteiger partial charge in [0.05, 0.1) is 13.1 Å². The molecule has 120 valence electrons. The van der Waals surface area contributed by atoms with Gasteiger partial charge in [0.25, 0.3) is 0 Å². The molecule has 0 aromatic heterocycles. The van der Waals surface area contributed by atoms with Gasteiger partial charge in [0, 0.05) is 0 Å². The molecule has 1 fully saturated rings. The number of nitrogens with zero attached hydrogens (tertiary/aromatic N) is 2. The number of isocyanates is 1. The van der Waals surface area contributed by atoms with Gasteiger partial charge in [-0.15, -0.1) is 0 Å². The lowest BCUT2D eigenvalue weighted by Crippen LogP contribution is -2.47. The highest BCUT2D eigenvalue weighted by molar-refractivity contribution is 6.51. The van der Waals surface area contributed by atoms with E-state index in [0.29, 0.717) is 12.8 Å². The van der Waals surface area contributed by atoms with E-state index in [2.05, 4.69) is 4.99 Å². The predicted molar refractivity (Wildman–Crippen MR) is 82.1 cm³/mol. The number of benzene rings is 1. The molecule has 0 spiro atoms. The van der Waals surface area contributed by atoms with Crippen LogP contribution in [0.4, 0.5) is 0 Å². The number of carbonyl (C=O) groups is 2. The van der Waals surface area contributed by atoms with Gasteiger partial charge in [-0.2, -0.15) is 0 Å². The Kier molecular flexibility index (Phi) is 6.08. The summed E-state index contributed by atoms with van der Waals surface area (Å²) in [4.78, 5) is 39.3. The minimum Gasteiger partial charge on any atom is -0.497 e. The number of likely N-dealkylation sites (N-methyl/N-ethyl adjacent to an activating group) is 1. The van der Waals surface area contributed by atoms with Crippen LogP contribution < -0.4 is 0 Å². The van der Waals surface area contributed by atoms with Gasteiger partial charge in [-0.1, -0.05) is 30.3 Å². The van der Waals surface area contributed by atoms with Gasteiger partial charge in [0.1, 0.15) is 5.94 Å². The predicted octanol–water partition coefficient (Wildman–Crippen LogP) is 0.383. The first-order chi connectivity index (χ1) is 11.1. The Labute approximate surface area is 134 Å². The van der Waals surface area contributed by atoms with E-state index in [0.717, 1.165) is 5.56 Å². The molecule has 2 rings (SSSR count). The Morgan fingerprint density at radius 2 is 1.83 bits per heavy atom. The van der Waals surface area contributed by atoms with Crippen LogP contribution >= 0.6 is 0 Å². The lowest BCUT2D eigenvalue weighted by Gasteiger charge is -2.24. The maximum atomic E-state index is 11.8. The molecular weight excluding hydrogens is 299 g/mol. The number of aryl methyl sites for hydroxylation is 1. The number of rotatable bonds is 5. The van der Waals surface area contributed by atoms with Crippen molar-refractivity contribution < 1.29 is 23.7 Å². The van der Waals surface area contributed by atoms with Crippen LogP contribution in [0.25, 0.3) is 0 Å². The molecule has 1 aliphatic rings. The molecular formula is C15H17BN2O5. The Morgan fingerprint density at radius 1 is 1.22 bits per heavy atom. The molecule has 7 nitrogen and oxygen atoms in total. The summed E-state index contributed by atoms with van der Waals surface area (Å²) in [6.07, 6.45) is 2.45. The molecule has 0 saturated carbocycles. The second-order valence-electron chi connectivity index (χ2n) is 5.33. The minimum absolute atomic E-state index is 0.0260. The van der Waals surface area contributed by atoms with E-state index >= 15 is 0 Å². The molecule has 1 saturated heterocycles. The van der Waals surface area contributed by atoms with Crippen LogP contribution in [0.3, 0.4) is 0 Å². The van der Waals surface area contributed by atoms with E-state index in [1.165, 1.54) is 11.0 Å². The van der Waals surface area contributed by atoms with Gasteiger partial charge < -0.3 is 9.31 Å². The molecule has 0 bridgehead atoms. The minimum atomic E-state index is -1.20. The summed E-state index contributed by atoms with van der Waals surface area (Å²) >= 11 is 0. The molecule has 0 radical (unpaired) electrons. The smallest absolute Gasteiger partial charge is 0.497 e. The molecule has 1 aromatic carbocycles. The second kappa shape index (κ2) is 8.26. The highest BCUT2D eigenvalue weighted by atomic mass is 16.6. The number of carbonyl (C=O) groups excluding carboxylic acids is 3. The van der Waals surface area contributed by atoms with E-state index < -0.39 is 25.0 Å². The van der Waals surface area contributed by atoms with Crippen molar-refractivity contribution in [1.29, 1.82) is 0 Å². The standard InChI is InChI=1S/C15H17BN2O5/c1-18-9-14(20)22-16(23-15(21)10-18)13(17-11-19)8-7-12-5-3-2-4-6-12/h2-6,13H,7-10H2,1H3. The third-order valence-corrected chi connectivity index (χ3v) is 3.40. The maximum absolute atomic E-state index is 11.8. The van der Waals surface area contributed by atoms with E-state index in [9.17, 15) is 14.4 Å². The fourth-order valence-electron chi connectivity index (χ4n) is 2.30. The van der Waals surface area contributed by atoms with Gasteiger partial charge in [0.2, 0.25) is 6.08 Å². The molecule has 0 N–H and O–H groups in total. The van der Waals surface area contributed by atoms with Crippen LogP contribution in [0, 0.1) is 0 Å². The fourth-order valence-corrected chi connectivity index (χ4v) is 2.30. The van der Waals surface area contributed by atoms with E-state index in [4.69, 9.17) is 9.31 Å². The third-order valence-electron chi connectivity index (χ3n) is 3.40.